The van der Waals surface area contributed by atoms with Crippen LogP contribution in [-0.2, 0) is 11.3 Å². The molecule has 3 rings (SSSR count). The molecule has 108 valence electrons. The van der Waals surface area contributed by atoms with Gasteiger partial charge < -0.3 is 16.0 Å². The molecule has 0 spiro atoms. The molecule has 2 aromatic rings. The van der Waals surface area contributed by atoms with Crippen LogP contribution in [-0.4, -0.2) is 35.4 Å². The number of carbonyl (C=O) groups excluding carboxylic acids is 1. The first-order valence-corrected chi connectivity index (χ1v) is 7.57. The van der Waals surface area contributed by atoms with Gasteiger partial charge in [0.05, 0.1) is 11.1 Å². The lowest BCUT2D eigenvalue weighted by atomic mass is 9.89. The second-order valence-corrected chi connectivity index (χ2v) is 6.44. The Hall–Kier alpha value is -1.60. The van der Waals surface area contributed by atoms with Crippen LogP contribution in [0.3, 0.4) is 0 Å². The molecular weight excluding hydrogens is 274 g/mol. The zero-order chi connectivity index (χ0) is 14.3. The summed E-state index contributed by atoms with van der Waals surface area (Å²) < 4.78 is 2.11. The number of hydrogen-bond donors (Lipinski definition) is 2. The largest absolute Gasteiger partial charge is 0.369 e. The van der Waals surface area contributed by atoms with E-state index in [-0.39, 0.29) is 5.91 Å². The van der Waals surface area contributed by atoms with Gasteiger partial charge in [0.2, 0.25) is 5.91 Å². The summed E-state index contributed by atoms with van der Waals surface area (Å²) in [4.78, 5) is 19.5. The summed E-state index contributed by atoms with van der Waals surface area (Å²) in [6, 6.07) is 0. The number of primary amides is 1. The lowest BCUT2D eigenvalue weighted by Gasteiger charge is -2.21. The number of nitrogens with one attached hydrogen (secondary N) is 1. The minimum atomic E-state index is -0.450. The predicted molar refractivity (Wildman–Crippen MR) is 80.0 cm³/mol. The number of nitrogens with zero attached hydrogens (tertiary/aromatic N) is 3. The van der Waals surface area contributed by atoms with Crippen LogP contribution in [0.15, 0.2) is 11.6 Å². The summed E-state index contributed by atoms with van der Waals surface area (Å²) in [6.07, 6.45) is 2.82. The maximum absolute atomic E-state index is 11.6. The standard InChI is InChI=1S/C13H19N5OS/c1-13(11(14)19)3-4-17(8-13)10-9(7-15-2)18-5-6-20-12(18)16-10/h5-6,15H,3-4,7-8H2,1-2H3,(H2,14,19). The number of imidazole rings is 1. The van der Waals surface area contributed by atoms with Crippen molar-refractivity contribution in [3.8, 4) is 0 Å². The average molecular weight is 293 g/mol. The number of thiazole rings is 1. The Balaban J connectivity index is 1.96. The molecule has 0 saturated carbocycles. The van der Waals surface area contributed by atoms with E-state index in [9.17, 15) is 4.79 Å². The highest BCUT2D eigenvalue weighted by molar-refractivity contribution is 7.15. The smallest absolute Gasteiger partial charge is 0.225 e. The van der Waals surface area contributed by atoms with Crippen LogP contribution in [0.25, 0.3) is 4.96 Å². The van der Waals surface area contributed by atoms with E-state index in [1.807, 2.05) is 25.5 Å². The minimum absolute atomic E-state index is 0.226. The third kappa shape index (κ3) is 1.97. The minimum Gasteiger partial charge on any atom is -0.369 e. The molecule has 0 bridgehead atoms. The molecule has 2 aromatic heterocycles. The van der Waals surface area contributed by atoms with Crippen LogP contribution in [0.5, 0.6) is 0 Å². The van der Waals surface area contributed by atoms with Crippen molar-refractivity contribution in [2.24, 2.45) is 11.1 Å². The third-order valence-electron chi connectivity index (χ3n) is 4.05. The fourth-order valence-corrected chi connectivity index (χ4v) is 3.48. The molecule has 1 fully saturated rings. The third-order valence-corrected chi connectivity index (χ3v) is 4.81. The maximum Gasteiger partial charge on any atom is 0.225 e. The van der Waals surface area contributed by atoms with E-state index in [4.69, 9.17) is 10.7 Å². The van der Waals surface area contributed by atoms with Crippen molar-refractivity contribution in [2.45, 2.75) is 19.9 Å². The Bertz CT molecular complexity index is 648. The Morgan fingerprint density at radius 3 is 3.10 bits per heavy atom. The van der Waals surface area contributed by atoms with Gasteiger partial charge in [-0.1, -0.05) is 0 Å². The van der Waals surface area contributed by atoms with Crippen molar-refractivity contribution in [3.05, 3.63) is 17.3 Å². The van der Waals surface area contributed by atoms with Crippen molar-refractivity contribution in [1.82, 2.24) is 14.7 Å². The zero-order valence-electron chi connectivity index (χ0n) is 11.7. The van der Waals surface area contributed by atoms with Crippen molar-refractivity contribution in [2.75, 3.05) is 25.0 Å². The summed E-state index contributed by atoms with van der Waals surface area (Å²) >= 11 is 1.62. The fraction of sp³-hybridized carbons (Fsp3) is 0.538. The Kier molecular flexibility index (Phi) is 3.18. The monoisotopic (exact) mass is 293 g/mol. The Morgan fingerprint density at radius 2 is 2.45 bits per heavy atom. The van der Waals surface area contributed by atoms with Crippen molar-refractivity contribution in [1.29, 1.82) is 0 Å². The number of fused-ring (bicyclic) bond motifs is 1. The molecule has 20 heavy (non-hydrogen) atoms. The topological polar surface area (TPSA) is 75.7 Å². The van der Waals surface area contributed by atoms with E-state index in [0.29, 0.717) is 6.54 Å². The fourth-order valence-electron chi connectivity index (χ4n) is 2.75. The molecule has 0 radical (unpaired) electrons. The average Bonchev–Trinajstić information content (AvgIpc) is 3.06. The SMILES string of the molecule is CNCc1c(N2CCC(C)(C(N)=O)C2)nc2sccn12. The maximum atomic E-state index is 11.6. The van der Waals surface area contributed by atoms with Gasteiger partial charge >= 0.3 is 0 Å². The number of hydrogen-bond acceptors (Lipinski definition) is 5. The van der Waals surface area contributed by atoms with Gasteiger partial charge in [-0.3, -0.25) is 9.20 Å². The molecule has 3 N–H and O–H groups in total. The zero-order valence-corrected chi connectivity index (χ0v) is 12.5. The second-order valence-electron chi connectivity index (χ2n) is 5.56. The highest BCUT2D eigenvalue weighted by Crippen LogP contribution is 2.35. The van der Waals surface area contributed by atoms with Crippen LogP contribution in [0.2, 0.25) is 0 Å². The predicted octanol–water partition coefficient (Wildman–Crippen LogP) is 0.817. The van der Waals surface area contributed by atoms with Gasteiger partial charge in [-0.05, 0) is 20.4 Å². The molecule has 0 aromatic carbocycles. The van der Waals surface area contributed by atoms with Crippen molar-refractivity contribution in [3.63, 3.8) is 0 Å². The molecule has 3 heterocycles. The molecule has 1 aliphatic rings. The van der Waals surface area contributed by atoms with Gasteiger partial charge in [0, 0.05) is 31.2 Å². The number of nitrogens with two attached hydrogens (primary N) is 1. The first kappa shape index (κ1) is 13.4. The number of aromatic nitrogens is 2. The van der Waals surface area contributed by atoms with Crippen LogP contribution in [0.1, 0.15) is 19.0 Å². The molecule has 1 atom stereocenters. The summed E-state index contributed by atoms with van der Waals surface area (Å²) in [5.41, 5.74) is 6.21. The Morgan fingerprint density at radius 1 is 1.65 bits per heavy atom. The van der Waals surface area contributed by atoms with Crippen LogP contribution in [0.4, 0.5) is 5.82 Å². The highest BCUT2D eigenvalue weighted by atomic mass is 32.1. The van der Waals surface area contributed by atoms with Gasteiger partial charge in [-0.15, -0.1) is 11.3 Å². The lowest BCUT2D eigenvalue weighted by Crippen LogP contribution is -2.37. The van der Waals surface area contributed by atoms with E-state index in [2.05, 4.69) is 14.6 Å². The molecule has 1 amide bonds. The Labute approximate surface area is 121 Å². The van der Waals surface area contributed by atoms with Crippen LogP contribution in [0, 0.1) is 5.41 Å². The van der Waals surface area contributed by atoms with Crippen molar-refractivity contribution >= 4 is 28.0 Å². The summed E-state index contributed by atoms with van der Waals surface area (Å²) in [5.74, 6) is 0.743. The number of rotatable bonds is 4. The second kappa shape index (κ2) is 4.75. The lowest BCUT2D eigenvalue weighted by molar-refractivity contribution is -0.125. The van der Waals surface area contributed by atoms with Crippen LogP contribution < -0.4 is 16.0 Å². The van der Waals surface area contributed by atoms with E-state index in [0.717, 1.165) is 36.0 Å². The summed E-state index contributed by atoms with van der Waals surface area (Å²) in [5, 5.41) is 5.22. The highest BCUT2D eigenvalue weighted by Gasteiger charge is 2.40. The molecule has 1 unspecified atom stereocenters. The number of carbonyl (C=O) groups is 1. The summed E-state index contributed by atoms with van der Waals surface area (Å²) in [7, 11) is 1.92. The van der Waals surface area contributed by atoms with Crippen LogP contribution >= 0.6 is 11.3 Å². The molecule has 1 aliphatic heterocycles. The summed E-state index contributed by atoms with van der Waals surface area (Å²) in [6.45, 7) is 4.15. The van der Waals surface area contributed by atoms with Gasteiger partial charge in [0.15, 0.2) is 10.8 Å². The van der Waals surface area contributed by atoms with Crippen molar-refractivity contribution < 1.29 is 4.79 Å². The molecule has 0 aliphatic carbocycles. The van der Waals surface area contributed by atoms with E-state index >= 15 is 0 Å². The van der Waals surface area contributed by atoms with E-state index in [1.54, 1.807) is 11.3 Å². The number of amides is 1. The van der Waals surface area contributed by atoms with E-state index in [1.165, 1.54) is 0 Å². The van der Waals surface area contributed by atoms with Gasteiger partial charge in [-0.2, -0.15) is 0 Å². The van der Waals surface area contributed by atoms with Gasteiger partial charge in [-0.25, -0.2) is 4.98 Å². The first-order valence-electron chi connectivity index (χ1n) is 6.69. The molecule has 1 saturated heterocycles. The molecule has 7 heteroatoms. The van der Waals surface area contributed by atoms with Gasteiger partial charge in [0.25, 0.3) is 0 Å². The van der Waals surface area contributed by atoms with E-state index < -0.39 is 5.41 Å². The first-order chi connectivity index (χ1) is 9.55. The van der Waals surface area contributed by atoms with Gasteiger partial charge in [0.1, 0.15) is 0 Å². The normalized spacial score (nSPS) is 22.8. The number of anilines is 1. The quantitative estimate of drug-likeness (QED) is 0.875. The molecular formula is C13H19N5OS. The molecule has 6 nitrogen and oxygen atoms in total.